The van der Waals surface area contributed by atoms with Crippen LogP contribution in [0.25, 0.3) is 16.8 Å². The van der Waals surface area contributed by atoms with Crippen molar-refractivity contribution in [1.82, 2.24) is 5.32 Å². The molecule has 0 spiro atoms. The second kappa shape index (κ2) is 7.53. The maximum absolute atomic E-state index is 12.1. The Balaban J connectivity index is 1.69. The number of amides is 1. The SMILES string of the molecule is COc1ccc(CNC(=O)/C=C/c2c(O)ccc3ccccc23)cc1. The minimum atomic E-state index is -0.219. The minimum absolute atomic E-state index is 0.151. The van der Waals surface area contributed by atoms with Crippen molar-refractivity contribution in [2.45, 2.75) is 6.54 Å². The normalized spacial score (nSPS) is 10.9. The molecule has 126 valence electrons. The molecule has 0 saturated heterocycles. The zero-order valence-corrected chi connectivity index (χ0v) is 13.9. The standard InChI is InChI=1S/C21H19NO3/c1-25-17-9-6-15(7-10-17)14-22-21(24)13-11-19-18-5-3-2-4-16(18)8-12-20(19)23/h2-13,23H,14H2,1H3,(H,22,24)/b13-11+. The topological polar surface area (TPSA) is 58.6 Å². The highest BCUT2D eigenvalue weighted by atomic mass is 16.5. The van der Waals surface area contributed by atoms with Gasteiger partial charge in [-0.3, -0.25) is 4.79 Å². The molecule has 0 bridgehead atoms. The van der Waals surface area contributed by atoms with Gasteiger partial charge in [-0.15, -0.1) is 0 Å². The Labute approximate surface area is 146 Å². The number of nitrogens with one attached hydrogen (secondary N) is 1. The summed E-state index contributed by atoms with van der Waals surface area (Å²) in [6, 6.07) is 18.7. The number of phenols is 1. The lowest BCUT2D eigenvalue weighted by Crippen LogP contribution is -2.20. The van der Waals surface area contributed by atoms with Gasteiger partial charge in [0.2, 0.25) is 5.91 Å². The van der Waals surface area contributed by atoms with Crippen LogP contribution in [-0.4, -0.2) is 18.1 Å². The first-order valence-electron chi connectivity index (χ1n) is 7.97. The molecule has 3 aromatic carbocycles. The number of rotatable bonds is 5. The molecule has 0 heterocycles. The van der Waals surface area contributed by atoms with Crippen LogP contribution in [0.15, 0.2) is 66.7 Å². The molecule has 0 saturated carbocycles. The summed E-state index contributed by atoms with van der Waals surface area (Å²) in [5.41, 5.74) is 1.62. The average Bonchev–Trinajstić information content (AvgIpc) is 2.66. The van der Waals surface area contributed by atoms with E-state index in [1.165, 1.54) is 6.08 Å². The van der Waals surface area contributed by atoms with Gasteiger partial charge in [-0.05, 0) is 40.6 Å². The summed E-state index contributed by atoms with van der Waals surface area (Å²) >= 11 is 0. The number of fused-ring (bicyclic) bond motifs is 1. The molecule has 4 heteroatoms. The Bertz CT molecular complexity index is 914. The average molecular weight is 333 g/mol. The zero-order chi connectivity index (χ0) is 17.6. The Morgan fingerprint density at radius 3 is 2.60 bits per heavy atom. The fourth-order valence-electron chi connectivity index (χ4n) is 2.61. The van der Waals surface area contributed by atoms with Crippen molar-refractivity contribution in [2.24, 2.45) is 0 Å². The molecule has 0 atom stereocenters. The summed E-state index contributed by atoms with van der Waals surface area (Å²) in [5.74, 6) is 0.711. The number of carbonyl (C=O) groups is 1. The molecule has 3 rings (SSSR count). The van der Waals surface area contributed by atoms with Gasteiger partial charge in [-0.1, -0.05) is 42.5 Å². The van der Waals surface area contributed by atoms with Crippen molar-refractivity contribution in [3.8, 4) is 11.5 Å². The third-order valence-corrected chi connectivity index (χ3v) is 3.97. The summed E-state index contributed by atoms with van der Waals surface area (Å²) in [6.45, 7) is 0.425. The van der Waals surface area contributed by atoms with Gasteiger partial charge in [0.25, 0.3) is 0 Å². The molecule has 0 unspecified atom stereocenters. The second-order valence-electron chi connectivity index (χ2n) is 5.62. The second-order valence-corrected chi connectivity index (χ2v) is 5.62. The van der Waals surface area contributed by atoms with Crippen molar-refractivity contribution in [2.75, 3.05) is 7.11 Å². The van der Waals surface area contributed by atoms with Crippen molar-refractivity contribution < 1.29 is 14.6 Å². The van der Waals surface area contributed by atoms with E-state index in [1.807, 2.05) is 54.6 Å². The van der Waals surface area contributed by atoms with Crippen molar-refractivity contribution in [3.63, 3.8) is 0 Å². The molecule has 0 aliphatic carbocycles. The molecular formula is C21H19NO3. The van der Waals surface area contributed by atoms with Gasteiger partial charge in [0.05, 0.1) is 7.11 Å². The predicted octanol–water partition coefficient (Wildman–Crippen LogP) is 3.88. The van der Waals surface area contributed by atoms with Gasteiger partial charge in [-0.25, -0.2) is 0 Å². The fourth-order valence-corrected chi connectivity index (χ4v) is 2.61. The van der Waals surface area contributed by atoms with Gasteiger partial charge in [0, 0.05) is 18.2 Å². The molecule has 0 aliphatic rings. The lowest BCUT2D eigenvalue weighted by molar-refractivity contribution is -0.116. The summed E-state index contributed by atoms with van der Waals surface area (Å²) < 4.78 is 5.11. The molecule has 2 N–H and O–H groups in total. The van der Waals surface area contributed by atoms with E-state index in [4.69, 9.17) is 4.74 Å². The first-order valence-corrected chi connectivity index (χ1v) is 7.97. The number of hydrogen-bond acceptors (Lipinski definition) is 3. The molecule has 25 heavy (non-hydrogen) atoms. The van der Waals surface area contributed by atoms with E-state index >= 15 is 0 Å². The largest absolute Gasteiger partial charge is 0.507 e. The van der Waals surface area contributed by atoms with E-state index in [1.54, 1.807) is 19.3 Å². The summed E-state index contributed by atoms with van der Waals surface area (Å²) in [7, 11) is 1.62. The zero-order valence-electron chi connectivity index (χ0n) is 13.9. The monoisotopic (exact) mass is 333 g/mol. The van der Waals surface area contributed by atoms with Crippen LogP contribution in [0.2, 0.25) is 0 Å². The maximum Gasteiger partial charge on any atom is 0.244 e. The van der Waals surface area contributed by atoms with Gasteiger partial charge in [0.1, 0.15) is 11.5 Å². The first kappa shape index (κ1) is 16.6. The van der Waals surface area contributed by atoms with Crippen LogP contribution in [0.4, 0.5) is 0 Å². The number of phenolic OH excluding ortho intramolecular Hbond substituents is 1. The van der Waals surface area contributed by atoms with Crippen LogP contribution in [-0.2, 0) is 11.3 Å². The van der Waals surface area contributed by atoms with Gasteiger partial charge in [0.15, 0.2) is 0 Å². The molecule has 1 amide bonds. The third-order valence-electron chi connectivity index (χ3n) is 3.97. The van der Waals surface area contributed by atoms with Gasteiger partial charge < -0.3 is 15.2 Å². The molecule has 0 fully saturated rings. The molecule has 0 radical (unpaired) electrons. The highest BCUT2D eigenvalue weighted by Gasteiger charge is 2.04. The number of benzene rings is 3. The van der Waals surface area contributed by atoms with E-state index < -0.39 is 0 Å². The Hall–Kier alpha value is -3.27. The number of carbonyl (C=O) groups excluding carboxylic acids is 1. The maximum atomic E-state index is 12.1. The third kappa shape index (κ3) is 3.98. The predicted molar refractivity (Wildman–Crippen MR) is 99.5 cm³/mol. The van der Waals surface area contributed by atoms with Crippen molar-refractivity contribution in [1.29, 1.82) is 0 Å². The van der Waals surface area contributed by atoms with E-state index in [9.17, 15) is 9.90 Å². The molecule has 4 nitrogen and oxygen atoms in total. The summed E-state index contributed by atoms with van der Waals surface area (Å²) in [6.07, 6.45) is 3.08. The molecular weight excluding hydrogens is 314 g/mol. The lowest BCUT2D eigenvalue weighted by atomic mass is 10.0. The minimum Gasteiger partial charge on any atom is -0.507 e. The Kier molecular flexibility index (Phi) is 5.00. The highest BCUT2D eigenvalue weighted by molar-refractivity contribution is 5.98. The highest BCUT2D eigenvalue weighted by Crippen LogP contribution is 2.28. The van der Waals surface area contributed by atoms with E-state index in [-0.39, 0.29) is 11.7 Å². The summed E-state index contributed by atoms with van der Waals surface area (Å²) in [5, 5.41) is 14.8. The van der Waals surface area contributed by atoms with Crippen molar-refractivity contribution in [3.05, 3.63) is 77.9 Å². The smallest absolute Gasteiger partial charge is 0.244 e. The van der Waals surface area contributed by atoms with Crippen LogP contribution in [0.3, 0.4) is 0 Å². The quantitative estimate of drug-likeness (QED) is 0.697. The van der Waals surface area contributed by atoms with E-state index in [0.29, 0.717) is 12.1 Å². The number of ether oxygens (including phenoxy) is 1. The van der Waals surface area contributed by atoms with Crippen LogP contribution in [0, 0.1) is 0 Å². The molecule has 0 aromatic heterocycles. The number of methoxy groups -OCH3 is 1. The number of hydrogen-bond donors (Lipinski definition) is 2. The first-order chi connectivity index (χ1) is 12.2. The van der Waals surface area contributed by atoms with Crippen LogP contribution < -0.4 is 10.1 Å². The number of aromatic hydroxyl groups is 1. The van der Waals surface area contributed by atoms with Gasteiger partial charge >= 0.3 is 0 Å². The Morgan fingerprint density at radius 2 is 1.84 bits per heavy atom. The molecule has 3 aromatic rings. The van der Waals surface area contributed by atoms with E-state index in [0.717, 1.165) is 22.1 Å². The fraction of sp³-hybridized carbons (Fsp3) is 0.0952. The van der Waals surface area contributed by atoms with E-state index in [2.05, 4.69) is 5.32 Å². The van der Waals surface area contributed by atoms with Crippen LogP contribution in [0.1, 0.15) is 11.1 Å². The van der Waals surface area contributed by atoms with Crippen LogP contribution in [0.5, 0.6) is 11.5 Å². The van der Waals surface area contributed by atoms with Crippen LogP contribution >= 0.6 is 0 Å². The lowest BCUT2D eigenvalue weighted by Gasteiger charge is -2.06. The molecule has 0 aliphatic heterocycles. The summed E-state index contributed by atoms with van der Waals surface area (Å²) in [4.78, 5) is 12.1. The van der Waals surface area contributed by atoms with Crippen molar-refractivity contribution >= 4 is 22.8 Å². The van der Waals surface area contributed by atoms with Gasteiger partial charge in [-0.2, -0.15) is 0 Å². The Morgan fingerprint density at radius 1 is 1.08 bits per heavy atom.